The third-order valence-corrected chi connectivity index (χ3v) is 8.12. The summed E-state index contributed by atoms with van der Waals surface area (Å²) in [6, 6.07) is 0. The van der Waals surface area contributed by atoms with E-state index in [1.807, 2.05) is 6.92 Å². The van der Waals surface area contributed by atoms with Crippen LogP contribution in [0.5, 0.6) is 0 Å². The fourth-order valence-corrected chi connectivity index (χ4v) is 7.33. The Morgan fingerprint density at radius 2 is 1.10 bits per heavy atom. The second-order valence-corrected chi connectivity index (χ2v) is 14.8. The van der Waals surface area contributed by atoms with Crippen molar-refractivity contribution in [2.75, 3.05) is 26.4 Å². The minimum Gasteiger partial charge on any atom is -0.307 e. The van der Waals surface area contributed by atoms with Crippen molar-refractivity contribution in [2.24, 2.45) is 0 Å². The van der Waals surface area contributed by atoms with Crippen molar-refractivity contribution in [1.29, 1.82) is 0 Å². The lowest BCUT2D eigenvalue weighted by molar-refractivity contribution is 0.109. The zero-order valence-electron chi connectivity index (χ0n) is 17.4. The van der Waals surface area contributed by atoms with Gasteiger partial charge in [-0.05, 0) is 45.9 Å². The lowest BCUT2D eigenvalue weighted by Crippen LogP contribution is -2.22. The van der Waals surface area contributed by atoms with E-state index in [-0.39, 0.29) is 47.9 Å². The van der Waals surface area contributed by atoms with Crippen molar-refractivity contribution in [3.05, 3.63) is 0 Å². The van der Waals surface area contributed by atoms with Gasteiger partial charge in [-0.1, -0.05) is 13.3 Å². The Morgan fingerprint density at radius 3 is 1.41 bits per heavy atom. The molecule has 13 heteroatoms. The molecule has 0 aliphatic carbocycles. The third-order valence-electron chi connectivity index (χ3n) is 3.03. The average molecular weight is 556 g/mol. The fourth-order valence-electron chi connectivity index (χ4n) is 1.77. The molecule has 0 amide bonds. The van der Waals surface area contributed by atoms with Crippen LogP contribution in [0.2, 0.25) is 0 Å². The van der Waals surface area contributed by atoms with E-state index >= 15 is 0 Å². The van der Waals surface area contributed by atoms with Gasteiger partial charge in [0.1, 0.15) is 0 Å². The summed E-state index contributed by atoms with van der Waals surface area (Å²) in [6.07, 6.45) is 0.962. The summed E-state index contributed by atoms with van der Waals surface area (Å²) in [4.78, 5) is 0. The Bertz CT molecular complexity index is 508. The molecule has 5 atom stereocenters. The van der Waals surface area contributed by atoms with Gasteiger partial charge in [-0.15, -0.1) is 46.4 Å². The van der Waals surface area contributed by atoms with Gasteiger partial charge in [-0.25, -0.2) is 0 Å². The largest absolute Gasteiger partial charge is 0.359 e. The number of halogens is 4. The lowest BCUT2D eigenvalue weighted by atomic mass is 10.4. The standard InChI is InChI=1S/C16H32Cl4O6P2S/c1-6-7-16(27(21,22-8-12(2)17)23-9-13(3)18)26-28(29,24-10-14(4)19)25-11-15(5)20/h12-16H,6-11H2,1-5H3. The zero-order valence-corrected chi connectivity index (χ0v) is 23.0. The molecule has 0 radical (unpaired) electrons. The number of rotatable bonds is 17. The number of alkyl halides is 4. The van der Waals surface area contributed by atoms with Crippen LogP contribution in [0.1, 0.15) is 47.5 Å². The van der Waals surface area contributed by atoms with Crippen molar-refractivity contribution in [2.45, 2.75) is 74.8 Å². The first-order chi connectivity index (χ1) is 13.3. The molecule has 29 heavy (non-hydrogen) atoms. The van der Waals surface area contributed by atoms with Gasteiger partial charge in [-0.2, -0.15) is 0 Å². The van der Waals surface area contributed by atoms with Crippen molar-refractivity contribution >= 4 is 72.5 Å². The summed E-state index contributed by atoms with van der Waals surface area (Å²) in [5.41, 5.74) is 0. The molecule has 176 valence electrons. The van der Waals surface area contributed by atoms with Crippen LogP contribution in [0.4, 0.5) is 0 Å². The second kappa shape index (κ2) is 15.6. The van der Waals surface area contributed by atoms with Gasteiger partial charge in [0.05, 0.1) is 47.9 Å². The highest BCUT2D eigenvalue weighted by molar-refractivity contribution is 8.07. The second-order valence-electron chi connectivity index (χ2n) is 6.64. The van der Waals surface area contributed by atoms with E-state index < -0.39 is 20.2 Å². The van der Waals surface area contributed by atoms with E-state index in [2.05, 4.69) is 0 Å². The highest BCUT2D eigenvalue weighted by Crippen LogP contribution is 2.62. The Morgan fingerprint density at radius 1 is 0.759 bits per heavy atom. The molecule has 0 aliphatic rings. The lowest BCUT2D eigenvalue weighted by Gasteiger charge is -2.32. The summed E-state index contributed by atoms with van der Waals surface area (Å²) in [5, 5.41) is -1.41. The van der Waals surface area contributed by atoms with Gasteiger partial charge in [0.25, 0.3) is 0 Å². The van der Waals surface area contributed by atoms with Crippen LogP contribution in [-0.2, 0) is 39.0 Å². The SMILES string of the molecule is CCCC(OP(=S)(OCC(C)Cl)OCC(C)Cl)P(=O)(OCC(C)Cl)OCC(C)Cl. The summed E-state index contributed by atoms with van der Waals surface area (Å²) < 4.78 is 42.1. The Hall–Kier alpha value is 1.84. The van der Waals surface area contributed by atoms with Crippen LogP contribution >= 0.6 is 60.7 Å². The molecule has 0 saturated carbocycles. The van der Waals surface area contributed by atoms with Crippen LogP contribution in [0.25, 0.3) is 0 Å². The highest BCUT2D eigenvalue weighted by Gasteiger charge is 2.42. The smallest absolute Gasteiger partial charge is 0.307 e. The van der Waals surface area contributed by atoms with Crippen molar-refractivity contribution in [1.82, 2.24) is 0 Å². The molecule has 5 unspecified atom stereocenters. The minimum atomic E-state index is -3.80. The van der Waals surface area contributed by atoms with Crippen LogP contribution < -0.4 is 0 Å². The van der Waals surface area contributed by atoms with E-state index in [4.69, 9.17) is 80.8 Å². The van der Waals surface area contributed by atoms with Gasteiger partial charge in [0.2, 0.25) is 0 Å². The highest BCUT2D eigenvalue weighted by atomic mass is 35.5. The van der Waals surface area contributed by atoms with Gasteiger partial charge >= 0.3 is 14.3 Å². The molecule has 0 rings (SSSR count). The van der Waals surface area contributed by atoms with Gasteiger partial charge in [0, 0.05) is 0 Å². The molecule has 0 bridgehead atoms. The van der Waals surface area contributed by atoms with Crippen LogP contribution in [0.15, 0.2) is 0 Å². The predicted molar refractivity (Wildman–Crippen MR) is 127 cm³/mol. The average Bonchev–Trinajstić information content (AvgIpc) is 2.61. The molecule has 0 heterocycles. The maximum absolute atomic E-state index is 13.6. The first-order valence-electron chi connectivity index (χ1n) is 9.36. The topological polar surface area (TPSA) is 63.2 Å². The number of hydrogen-bond acceptors (Lipinski definition) is 7. The molecule has 0 N–H and O–H groups in total. The molecule has 0 aliphatic heterocycles. The molecular weight excluding hydrogens is 524 g/mol. The Labute approximate surface area is 200 Å². The molecule has 0 saturated heterocycles. The van der Waals surface area contributed by atoms with E-state index in [9.17, 15) is 4.57 Å². The zero-order chi connectivity index (χ0) is 22.7. The normalized spacial score (nSPS) is 21.6. The molecular formula is C16H32Cl4O6P2S. The quantitative estimate of drug-likeness (QED) is 0.140. The Balaban J connectivity index is 5.68. The van der Waals surface area contributed by atoms with Crippen molar-refractivity contribution in [3.8, 4) is 0 Å². The monoisotopic (exact) mass is 554 g/mol. The van der Waals surface area contributed by atoms with E-state index in [1.54, 1.807) is 27.7 Å². The first-order valence-corrected chi connectivity index (χ1v) is 15.3. The van der Waals surface area contributed by atoms with Crippen molar-refractivity contribution < 1.29 is 27.2 Å². The molecule has 6 nitrogen and oxygen atoms in total. The molecule has 0 spiro atoms. The molecule has 0 aromatic heterocycles. The van der Waals surface area contributed by atoms with E-state index in [0.717, 1.165) is 0 Å². The molecule has 0 fully saturated rings. The molecule has 0 aromatic rings. The first kappa shape index (κ1) is 30.8. The predicted octanol–water partition coefficient (Wildman–Crippen LogP) is 7.12. The van der Waals surface area contributed by atoms with Gasteiger partial charge < -0.3 is 18.1 Å². The van der Waals surface area contributed by atoms with Crippen LogP contribution in [0.3, 0.4) is 0 Å². The molecule has 0 aromatic carbocycles. The summed E-state index contributed by atoms with van der Waals surface area (Å²) in [6.45, 7) is 5.68. The number of hydrogen-bond donors (Lipinski definition) is 0. The van der Waals surface area contributed by atoms with Gasteiger partial charge in [-0.3, -0.25) is 9.09 Å². The van der Waals surface area contributed by atoms with Gasteiger partial charge in [0.15, 0.2) is 5.85 Å². The Kier molecular flexibility index (Phi) is 16.6. The van der Waals surface area contributed by atoms with Crippen LogP contribution in [0, 0.1) is 0 Å². The fraction of sp³-hybridized carbons (Fsp3) is 1.00. The van der Waals surface area contributed by atoms with Crippen LogP contribution in [-0.4, -0.2) is 53.8 Å². The minimum absolute atomic E-state index is 0.00108. The summed E-state index contributed by atoms with van der Waals surface area (Å²) >= 11 is 29.4. The van der Waals surface area contributed by atoms with E-state index in [0.29, 0.717) is 12.8 Å². The maximum Gasteiger partial charge on any atom is 0.359 e. The third kappa shape index (κ3) is 14.6. The van der Waals surface area contributed by atoms with Crippen molar-refractivity contribution in [3.63, 3.8) is 0 Å². The maximum atomic E-state index is 13.6. The summed E-state index contributed by atoms with van der Waals surface area (Å²) in [7, 11) is -3.80. The summed E-state index contributed by atoms with van der Waals surface area (Å²) in [5.74, 6) is -1.01. The van der Waals surface area contributed by atoms with E-state index in [1.165, 1.54) is 0 Å².